The quantitative estimate of drug-likeness (QED) is 0.632. The Kier molecular flexibility index (Phi) is 6.22. The fourth-order valence-corrected chi connectivity index (χ4v) is 4.63. The van der Waals surface area contributed by atoms with E-state index in [0.29, 0.717) is 17.4 Å². The molecule has 1 N–H and O–H groups in total. The molecule has 2 aromatic heterocycles. The first-order chi connectivity index (χ1) is 14.9. The Morgan fingerprint density at radius 1 is 1.32 bits per heavy atom. The predicted molar refractivity (Wildman–Crippen MR) is 121 cm³/mol. The number of piperidine rings is 1. The van der Waals surface area contributed by atoms with Crippen molar-refractivity contribution in [3.8, 4) is 5.75 Å². The highest BCUT2D eigenvalue weighted by Gasteiger charge is 2.22. The zero-order valence-electron chi connectivity index (χ0n) is 18.0. The number of aromatic nitrogens is 3. The number of rotatable bonds is 6. The van der Waals surface area contributed by atoms with Gasteiger partial charge in [0.05, 0.1) is 6.10 Å². The topological polar surface area (TPSA) is 88.8 Å². The Bertz CT molecular complexity index is 1120. The molecule has 1 atom stereocenters. The largest absolute Gasteiger partial charge is 0.491 e. The highest BCUT2D eigenvalue weighted by molar-refractivity contribution is 7.20. The number of hydrogen-bond donors (Lipinski definition) is 1. The Labute approximate surface area is 184 Å². The molecule has 0 saturated carbocycles. The second kappa shape index (κ2) is 9.05. The molecule has 1 amide bonds. The lowest BCUT2D eigenvalue weighted by molar-refractivity contribution is 0.0943. The van der Waals surface area contributed by atoms with Crippen LogP contribution in [0, 0.1) is 5.92 Å². The molecule has 0 unspecified atom stereocenters. The van der Waals surface area contributed by atoms with Crippen LogP contribution in [-0.2, 0) is 6.54 Å². The van der Waals surface area contributed by atoms with Gasteiger partial charge in [-0.25, -0.2) is 0 Å². The lowest BCUT2D eigenvalue weighted by Crippen LogP contribution is -2.34. The maximum atomic E-state index is 12.9. The normalized spacial score (nSPS) is 16.6. The molecular weight excluding hydrogens is 414 g/mol. The molecule has 1 fully saturated rings. The number of ether oxygens (including phenoxy) is 1. The lowest BCUT2D eigenvalue weighted by atomic mass is 10.0. The molecule has 1 saturated heterocycles. The van der Waals surface area contributed by atoms with Gasteiger partial charge in [-0.05, 0) is 50.3 Å². The van der Waals surface area contributed by atoms with Crippen molar-refractivity contribution in [1.82, 2.24) is 19.9 Å². The van der Waals surface area contributed by atoms with Gasteiger partial charge < -0.3 is 15.0 Å². The van der Waals surface area contributed by atoms with E-state index < -0.39 is 5.56 Å². The summed E-state index contributed by atoms with van der Waals surface area (Å²) in [6.45, 7) is 8.35. The van der Waals surface area contributed by atoms with Crippen LogP contribution in [-0.4, -0.2) is 39.7 Å². The van der Waals surface area contributed by atoms with E-state index in [4.69, 9.17) is 4.74 Å². The van der Waals surface area contributed by atoms with Gasteiger partial charge in [0.1, 0.15) is 11.4 Å². The summed E-state index contributed by atoms with van der Waals surface area (Å²) in [6, 6.07) is 8.81. The summed E-state index contributed by atoms with van der Waals surface area (Å²) in [4.78, 5) is 31.6. The van der Waals surface area contributed by atoms with E-state index in [9.17, 15) is 9.59 Å². The van der Waals surface area contributed by atoms with Crippen LogP contribution in [0.4, 0.5) is 5.13 Å². The van der Waals surface area contributed by atoms with Gasteiger partial charge in [0.2, 0.25) is 10.1 Å². The van der Waals surface area contributed by atoms with Gasteiger partial charge in [0, 0.05) is 25.7 Å². The maximum Gasteiger partial charge on any atom is 0.274 e. The van der Waals surface area contributed by atoms with Gasteiger partial charge >= 0.3 is 0 Å². The number of anilines is 1. The second-order valence-corrected chi connectivity index (χ2v) is 9.18. The van der Waals surface area contributed by atoms with E-state index in [-0.39, 0.29) is 17.7 Å². The molecule has 4 rings (SSSR count). The van der Waals surface area contributed by atoms with E-state index in [2.05, 4.69) is 27.2 Å². The predicted octanol–water partition coefficient (Wildman–Crippen LogP) is 3.10. The zero-order valence-corrected chi connectivity index (χ0v) is 18.8. The van der Waals surface area contributed by atoms with Gasteiger partial charge in [-0.3, -0.25) is 9.59 Å². The summed E-state index contributed by atoms with van der Waals surface area (Å²) in [5.74, 6) is 1.02. The van der Waals surface area contributed by atoms with Crippen LogP contribution in [0.1, 0.15) is 49.7 Å². The molecule has 0 aliphatic carbocycles. The highest BCUT2D eigenvalue weighted by atomic mass is 32.1. The number of benzene rings is 1. The monoisotopic (exact) mass is 441 g/mol. The summed E-state index contributed by atoms with van der Waals surface area (Å²) >= 11 is 1.35. The molecule has 1 aromatic carbocycles. The Hall–Kier alpha value is -2.94. The van der Waals surface area contributed by atoms with Crippen molar-refractivity contribution in [1.29, 1.82) is 0 Å². The fraction of sp³-hybridized carbons (Fsp3) is 0.455. The number of nitrogens with zero attached hydrogens (tertiary/aromatic N) is 4. The van der Waals surface area contributed by atoms with Crippen molar-refractivity contribution >= 4 is 27.3 Å². The van der Waals surface area contributed by atoms with Crippen molar-refractivity contribution in [2.24, 2.45) is 5.92 Å². The zero-order chi connectivity index (χ0) is 22.0. The van der Waals surface area contributed by atoms with Gasteiger partial charge in [-0.1, -0.05) is 30.4 Å². The van der Waals surface area contributed by atoms with Gasteiger partial charge in [-0.15, -0.1) is 5.10 Å². The summed E-state index contributed by atoms with van der Waals surface area (Å²) in [5, 5.41) is 8.28. The van der Waals surface area contributed by atoms with E-state index >= 15 is 0 Å². The molecule has 1 aliphatic heterocycles. The van der Waals surface area contributed by atoms with Gasteiger partial charge in [0.15, 0.2) is 0 Å². The number of hydrogen-bond acceptors (Lipinski definition) is 7. The van der Waals surface area contributed by atoms with Crippen molar-refractivity contribution in [2.45, 2.75) is 46.3 Å². The van der Waals surface area contributed by atoms with Crippen LogP contribution in [0.5, 0.6) is 5.75 Å². The Morgan fingerprint density at radius 3 is 2.81 bits per heavy atom. The first kappa shape index (κ1) is 21.3. The summed E-state index contributed by atoms with van der Waals surface area (Å²) in [6.07, 6.45) is 2.42. The third kappa shape index (κ3) is 5.04. The molecule has 1 aliphatic rings. The van der Waals surface area contributed by atoms with Crippen LogP contribution < -0.4 is 20.5 Å². The van der Waals surface area contributed by atoms with Crippen LogP contribution in [0.15, 0.2) is 35.1 Å². The van der Waals surface area contributed by atoms with Gasteiger partial charge in [-0.2, -0.15) is 9.50 Å². The van der Waals surface area contributed by atoms with Gasteiger partial charge in [0.25, 0.3) is 11.5 Å². The molecule has 3 aromatic rings. The highest BCUT2D eigenvalue weighted by Crippen LogP contribution is 2.27. The molecular formula is C22H27N5O3S. The summed E-state index contributed by atoms with van der Waals surface area (Å²) < 4.78 is 7.12. The first-order valence-corrected chi connectivity index (χ1v) is 11.4. The lowest BCUT2D eigenvalue weighted by Gasteiger charge is -2.30. The van der Waals surface area contributed by atoms with Crippen LogP contribution >= 0.6 is 11.3 Å². The Morgan fingerprint density at radius 2 is 2.10 bits per heavy atom. The average molecular weight is 442 g/mol. The number of carbonyl (C=O) groups is 1. The number of amides is 1. The van der Waals surface area contributed by atoms with Crippen LogP contribution in [0.3, 0.4) is 0 Å². The Balaban J connectivity index is 1.51. The minimum absolute atomic E-state index is 0.106. The van der Waals surface area contributed by atoms with E-state index in [1.165, 1.54) is 28.3 Å². The molecule has 0 spiro atoms. The maximum absolute atomic E-state index is 12.9. The third-order valence-electron chi connectivity index (χ3n) is 5.15. The van der Waals surface area contributed by atoms with Crippen molar-refractivity contribution in [3.05, 3.63) is 51.9 Å². The second-order valence-electron chi connectivity index (χ2n) is 8.25. The van der Waals surface area contributed by atoms with Crippen molar-refractivity contribution < 1.29 is 9.53 Å². The third-order valence-corrected chi connectivity index (χ3v) is 6.12. The minimum Gasteiger partial charge on any atom is -0.491 e. The smallest absolute Gasteiger partial charge is 0.274 e. The van der Waals surface area contributed by atoms with Crippen molar-refractivity contribution in [2.75, 3.05) is 18.0 Å². The molecule has 3 heterocycles. The molecule has 0 radical (unpaired) electrons. The molecule has 9 heteroatoms. The van der Waals surface area contributed by atoms with Crippen LogP contribution in [0.25, 0.3) is 4.96 Å². The van der Waals surface area contributed by atoms with Crippen LogP contribution in [0.2, 0.25) is 0 Å². The first-order valence-electron chi connectivity index (χ1n) is 10.6. The number of carbonyl (C=O) groups excluding carboxylic acids is 1. The van der Waals surface area contributed by atoms with E-state index in [1.54, 1.807) is 0 Å². The number of nitrogens with one attached hydrogen (secondary N) is 1. The molecule has 31 heavy (non-hydrogen) atoms. The van der Waals surface area contributed by atoms with E-state index in [0.717, 1.165) is 36.0 Å². The number of fused-ring (bicyclic) bond motifs is 1. The van der Waals surface area contributed by atoms with Crippen molar-refractivity contribution in [3.63, 3.8) is 0 Å². The standard InChI is InChI=1S/C22H27N5O3S/c1-14(2)30-17-8-6-16(7-9-17)12-23-20(29)18-11-19(28)24-21-27(18)25-22(31-21)26-10-4-5-15(3)13-26/h6-9,11,14-15H,4-5,10,12-13H2,1-3H3,(H,23,29)/t15-/m0/s1. The minimum atomic E-state index is -0.442. The SMILES string of the molecule is CC(C)Oc1ccc(CNC(=O)c2cc(=O)nc3sc(N4CCC[C@H](C)C4)nn23)cc1. The summed E-state index contributed by atoms with van der Waals surface area (Å²) in [7, 11) is 0. The average Bonchev–Trinajstić information content (AvgIpc) is 3.16. The molecule has 164 valence electrons. The summed E-state index contributed by atoms with van der Waals surface area (Å²) in [5.41, 5.74) is 0.688. The molecule has 0 bridgehead atoms. The fourth-order valence-electron chi connectivity index (χ4n) is 3.69. The van der Waals surface area contributed by atoms with E-state index in [1.807, 2.05) is 38.1 Å². The molecule has 8 nitrogen and oxygen atoms in total.